The van der Waals surface area contributed by atoms with Crippen molar-refractivity contribution in [1.29, 1.82) is 0 Å². The summed E-state index contributed by atoms with van der Waals surface area (Å²) in [4.78, 5) is 17.8. The number of likely N-dealkylation sites (tertiary alicyclic amines) is 1. The predicted molar refractivity (Wildman–Crippen MR) is 175 cm³/mol. The first-order valence-corrected chi connectivity index (χ1v) is 16.1. The Morgan fingerprint density at radius 2 is 1.60 bits per heavy atom. The van der Waals surface area contributed by atoms with Crippen molar-refractivity contribution in [1.82, 2.24) is 14.7 Å². The summed E-state index contributed by atoms with van der Waals surface area (Å²) in [5, 5.41) is 7.73. The number of rotatable bonds is 6. The van der Waals surface area contributed by atoms with Crippen molar-refractivity contribution in [2.24, 2.45) is 0 Å². The van der Waals surface area contributed by atoms with E-state index in [0.717, 1.165) is 29.8 Å². The highest BCUT2D eigenvalue weighted by Crippen LogP contribution is 2.43. The van der Waals surface area contributed by atoms with Gasteiger partial charge in [0.1, 0.15) is 5.58 Å². The zero-order valence-corrected chi connectivity index (χ0v) is 24.9. The first kappa shape index (κ1) is 26.6. The second-order valence-electron chi connectivity index (χ2n) is 11.6. The van der Waals surface area contributed by atoms with Gasteiger partial charge in [-0.2, -0.15) is 5.10 Å². The lowest BCUT2D eigenvalue weighted by Gasteiger charge is -2.27. The van der Waals surface area contributed by atoms with Crippen molar-refractivity contribution in [3.05, 3.63) is 83.3 Å². The quantitative estimate of drug-likeness (QED) is 0.208. The van der Waals surface area contributed by atoms with Gasteiger partial charge in [-0.05, 0) is 49.7 Å². The van der Waals surface area contributed by atoms with E-state index in [0.29, 0.717) is 43.2 Å². The van der Waals surface area contributed by atoms with Crippen LogP contribution in [-0.2, 0) is 11.3 Å². The minimum atomic E-state index is -0.0192. The maximum absolute atomic E-state index is 13.2. The molecule has 6 aromatic rings. The summed E-state index contributed by atoms with van der Waals surface area (Å²) in [5.74, 6) is 0.609. The number of thiophene rings is 1. The Labute approximate surface area is 253 Å². The second kappa shape index (κ2) is 11.3. The molecule has 8 rings (SSSR count). The van der Waals surface area contributed by atoms with E-state index in [1.807, 2.05) is 18.3 Å². The van der Waals surface area contributed by atoms with Crippen molar-refractivity contribution in [2.75, 3.05) is 50.8 Å². The number of hydrogen-bond acceptors (Lipinski definition) is 7. The molecule has 3 aromatic heterocycles. The molecule has 0 spiro atoms. The molecule has 0 radical (unpaired) electrons. The lowest BCUT2D eigenvalue weighted by molar-refractivity contribution is 0.121. The summed E-state index contributed by atoms with van der Waals surface area (Å²) in [6.45, 7) is 7.07. The molecule has 5 heterocycles. The van der Waals surface area contributed by atoms with Crippen LogP contribution in [0.5, 0.6) is 0 Å². The molecule has 2 aliphatic rings. The van der Waals surface area contributed by atoms with Gasteiger partial charge in [0.25, 0.3) is 0 Å². The van der Waals surface area contributed by atoms with Gasteiger partial charge < -0.3 is 19.0 Å². The number of aromatic nitrogens is 2. The van der Waals surface area contributed by atoms with Gasteiger partial charge in [-0.3, -0.25) is 9.48 Å². The monoisotopic (exact) mass is 590 g/mol. The van der Waals surface area contributed by atoms with Crippen LogP contribution in [0.1, 0.15) is 19.3 Å². The Hall–Kier alpha value is -3.98. The molecule has 7 nitrogen and oxygen atoms in total. The van der Waals surface area contributed by atoms with Crippen LogP contribution < -0.4 is 10.3 Å². The van der Waals surface area contributed by atoms with Gasteiger partial charge in [-0.15, -0.1) is 11.3 Å². The standard InChI is InChI=1S/C35H34N4O3S/c40-31-21-33(38-16-18-41-19-17-38)42-34-26(6-4-9-29(31)34)27-7-5-8-28-30-20-24(10-11-32(30)43-35(27)28)25-22-36-39(23-25)15-14-37-12-2-1-3-13-37/h4-11,20-23H,1-3,12-19H2. The van der Waals surface area contributed by atoms with E-state index in [9.17, 15) is 4.79 Å². The van der Waals surface area contributed by atoms with Crippen LogP contribution in [0.4, 0.5) is 5.88 Å². The molecule has 0 aliphatic carbocycles. The van der Waals surface area contributed by atoms with Crippen LogP contribution in [0.25, 0.3) is 53.4 Å². The van der Waals surface area contributed by atoms with E-state index in [1.165, 1.54) is 58.1 Å². The van der Waals surface area contributed by atoms with E-state index in [4.69, 9.17) is 9.15 Å². The number of fused-ring (bicyclic) bond motifs is 4. The third-order valence-electron chi connectivity index (χ3n) is 8.91. The molecular formula is C35H34N4O3S. The Balaban J connectivity index is 1.16. The molecule has 2 saturated heterocycles. The molecule has 8 heteroatoms. The van der Waals surface area contributed by atoms with Gasteiger partial charge in [-0.25, -0.2) is 0 Å². The molecule has 218 valence electrons. The average Bonchev–Trinajstić information content (AvgIpc) is 3.69. The smallest absolute Gasteiger partial charge is 0.200 e. The number of morpholine rings is 1. The summed E-state index contributed by atoms with van der Waals surface area (Å²) in [5.41, 5.74) is 4.96. The van der Waals surface area contributed by atoms with Crippen molar-refractivity contribution in [3.8, 4) is 22.3 Å². The van der Waals surface area contributed by atoms with E-state index in [1.54, 1.807) is 17.4 Å². The topological polar surface area (TPSA) is 63.7 Å². The summed E-state index contributed by atoms with van der Waals surface area (Å²) in [7, 11) is 0. The fraction of sp³-hybridized carbons (Fsp3) is 0.314. The van der Waals surface area contributed by atoms with E-state index in [2.05, 4.69) is 68.2 Å². The van der Waals surface area contributed by atoms with Gasteiger partial charge in [0.05, 0.1) is 31.3 Å². The number of para-hydroxylation sites is 1. The fourth-order valence-corrected chi connectivity index (χ4v) is 7.78. The molecule has 0 unspecified atom stereocenters. The van der Waals surface area contributed by atoms with Crippen LogP contribution in [0.2, 0.25) is 0 Å². The maximum Gasteiger partial charge on any atom is 0.200 e. The minimum Gasteiger partial charge on any atom is -0.440 e. The van der Waals surface area contributed by atoms with Crippen LogP contribution >= 0.6 is 11.3 Å². The maximum atomic E-state index is 13.2. The highest BCUT2D eigenvalue weighted by atomic mass is 32.1. The fourth-order valence-electron chi connectivity index (χ4n) is 6.57. The lowest BCUT2D eigenvalue weighted by Crippen LogP contribution is -2.36. The summed E-state index contributed by atoms with van der Waals surface area (Å²) < 4.78 is 16.5. The Morgan fingerprint density at radius 3 is 2.47 bits per heavy atom. The van der Waals surface area contributed by atoms with Crippen LogP contribution in [0.15, 0.2) is 82.3 Å². The molecule has 0 N–H and O–H groups in total. The molecule has 0 atom stereocenters. The van der Waals surface area contributed by atoms with Crippen molar-refractivity contribution < 1.29 is 9.15 Å². The van der Waals surface area contributed by atoms with Crippen molar-refractivity contribution in [2.45, 2.75) is 25.8 Å². The predicted octanol–water partition coefficient (Wildman–Crippen LogP) is 7.01. The SMILES string of the molecule is O=c1cc(N2CCOCC2)oc2c(-c3cccc4c3sc3ccc(-c5cnn(CCN6CCCCC6)c5)cc34)cccc12. The number of benzene rings is 3. The molecule has 43 heavy (non-hydrogen) atoms. The molecule has 0 amide bonds. The molecule has 0 saturated carbocycles. The largest absolute Gasteiger partial charge is 0.440 e. The summed E-state index contributed by atoms with van der Waals surface area (Å²) in [6, 6.07) is 20.7. The van der Waals surface area contributed by atoms with Gasteiger partial charge in [0.15, 0.2) is 11.3 Å². The zero-order chi connectivity index (χ0) is 28.8. The molecule has 0 bridgehead atoms. The van der Waals surface area contributed by atoms with Crippen molar-refractivity contribution in [3.63, 3.8) is 0 Å². The number of hydrogen-bond donors (Lipinski definition) is 0. The van der Waals surface area contributed by atoms with Crippen LogP contribution in [0, 0.1) is 0 Å². The normalized spacial score (nSPS) is 16.5. The van der Waals surface area contributed by atoms with Gasteiger partial charge in [-0.1, -0.05) is 42.8 Å². The van der Waals surface area contributed by atoms with Gasteiger partial charge >= 0.3 is 0 Å². The first-order chi connectivity index (χ1) is 21.2. The van der Waals surface area contributed by atoms with Crippen molar-refractivity contribution >= 4 is 48.4 Å². The van der Waals surface area contributed by atoms with E-state index < -0.39 is 0 Å². The minimum absolute atomic E-state index is 0.0192. The Bertz CT molecular complexity index is 2000. The lowest BCUT2D eigenvalue weighted by atomic mass is 9.99. The highest BCUT2D eigenvalue weighted by Gasteiger charge is 2.19. The first-order valence-electron chi connectivity index (χ1n) is 15.3. The average molecular weight is 591 g/mol. The molecule has 2 aliphatic heterocycles. The summed E-state index contributed by atoms with van der Waals surface area (Å²) >= 11 is 1.79. The summed E-state index contributed by atoms with van der Waals surface area (Å²) in [6.07, 6.45) is 8.14. The zero-order valence-electron chi connectivity index (χ0n) is 24.1. The molecule has 2 fully saturated rings. The molecular weight excluding hydrogens is 556 g/mol. The number of ether oxygens (including phenoxy) is 1. The van der Waals surface area contributed by atoms with Crippen LogP contribution in [0.3, 0.4) is 0 Å². The Kier molecular flexibility index (Phi) is 6.98. The van der Waals surface area contributed by atoms with E-state index >= 15 is 0 Å². The second-order valence-corrected chi connectivity index (χ2v) is 12.7. The number of anilines is 1. The third-order valence-corrected chi connectivity index (χ3v) is 10.1. The van der Waals surface area contributed by atoms with Crippen LogP contribution in [-0.4, -0.2) is 60.6 Å². The third kappa shape index (κ3) is 5.03. The molecule has 3 aromatic carbocycles. The highest BCUT2D eigenvalue weighted by molar-refractivity contribution is 7.26. The van der Waals surface area contributed by atoms with Gasteiger partial charge in [0.2, 0.25) is 0 Å². The number of piperidine rings is 1. The van der Waals surface area contributed by atoms with E-state index in [-0.39, 0.29) is 5.43 Å². The number of nitrogens with zero attached hydrogens (tertiary/aromatic N) is 4. The van der Waals surface area contributed by atoms with Gasteiger partial charge in [0, 0.05) is 68.8 Å². The Morgan fingerprint density at radius 1 is 0.791 bits per heavy atom.